The maximum absolute atomic E-state index is 14.3. The maximum Gasteiger partial charge on any atom is 0.337 e. The molecule has 0 saturated carbocycles. The SMILES string of the molecule is COC(=O)c1ccc(CN(CCc2ccc3cnn(C)c3c2)S(=O)O)c(F)c1. The van der Waals surface area contributed by atoms with Crippen molar-refractivity contribution < 1.29 is 22.7 Å². The standard InChI is InChI=1S/C19H20FN3O4S/c1-22-18-9-13(3-4-15(18)11-21-22)7-8-23(28(25)26)12-16-6-5-14(10-17(16)20)19(24)27-2/h3-6,9-11H,7-8,12H2,1-2H3,(H,25,26). The molecule has 0 aliphatic carbocycles. The Balaban J connectivity index is 1.72. The third-order valence-electron chi connectivity index (χ3n) is 4.51. The van der Waals surface area contributed by atoms with Crippen molar-refractivity contribution in [1.29, 1.82) is 0 Å². The lowest BCUT2D eigenvalue weighted by Gasteiger charge is -2.18. The van der Waals surface area contributed by atoms with Gasteiger partial charge in [0.25, 0.3) is 0 Å². The summed E-state index contributed by atoms with van der Waals surface area (Å²) in [7, 11) is 3.07. The fourth-order valence-electron chi connectivity index (χ4n) is 2.92. The lowest BCUT2D eigenvalue weighted by atomic mass is 10.1. The first-order chi connectivity index (χ1) is 13.4. The second-order valence-electron chi connectivity index (χ2n) is 6.30. The fourth-order valence-corrected chi connectivity index (χ4v) is 3.42. The number of carbonyl (C=O) groups excluding carboxylic acids is 1. The lowest BCUT2D eigenvalue weighted by molar-refractivity contribution is 0.0600. The molecule has 1 atom stereocenters. The molecule has 3 rings (SSSR count). The van der Waals surface area contributed by atoms with Gasteiger partial charge in [-0.1, -0.05) is 18.2 Å². The fraction of sp³-hybridized carbons (Fsp3) is 0.263. The largest absolute Gasteiger partial charge is 0.465 e. The molecule has 28 heavy (non-hydrogen) atoms. The van der Waals surface area contributed by atoms with Crippen LogP contribution in [0.3, 0.4) is 0 Å². The number of methoxy groups -OCH3 is 1. The molecule has 0 spiro atoms. The predicted molar refractivity (Wildman–Crippen MR) is 103 cm³/mol. The van der Waals surface area contributed by atoms with E-state index in [0.717, 1.165) is 22.5 Å². The zero-order chi connectivity index (χ0) is 20.3. The summed E-state index contributed by atoms with van der Waals surface area (Å²) in [6, 6.07) is 9.78. The summed E-state index contributed by atoms with van der Waals surface area (Å²) in [5, 5.41) is 5.21. The van der Waals surface area contributed by atoms with Gasteiger partial charge in [-0.05, 0) is 30.2 Å². The highest BCUT2D eigenvalue weighted by molar-refractivity contribution is 7.76. The van der Waals surface area contributed by atoms with Crippen LogP contribution >= 0.6 is 0 Å². The van der Waals surface area contributed by atoms with E-state index in [4.69, 9.17) is 0 Å². The first kappa shape index (κ1) is 20.1. The molecular weight excluding hydrogens is 385 g/mol. The highest BCUT2D eigenvalue weighted by Gasteiger charge is 2.16. The van der Waals surface area contributed by atoms with E-state index in [0.29, 0.717) is 6.42 Å². The summed E-state index contributed by atoms with van der Waals surface area (Å²) in [6.07, 6.45) is 2.28. The predicted octanol–water partition coefficient (Wildman–Crippen LogP) is 2.68. The highest BCUT2D eigenvalue weighted by Crippen LogP contribution is 2.18. The number of benzene rings is 2. The third-order valence-corrected chi connectivity index (χ3v) is 5.26. The second-order valence-corrected chi connectivity index (χ2v) is 7.28. The number of nitrogens with zero attached hydrogens (tertiary/aromatic N) is 3. The molecule has 3 aromatic rings. The van der Waals surface area contributed by atoms with Gasteiger partial charge < -0.3 is 4.74 Å². The minimum Gasteiger partial charge on any atom is -0.465 e. The first-order valence-electron chi connectivity index (χ1n) is 8.52. The van der Waals surface area contributed by atoms with Crippen LogP contribution in [0.5, 0.6) is 0 Å². The van der Waals surface area contributed by atoms with Crippen LogP contribution in [0.2, 0.25) is 0 Å². The molecular formula is C19H20FN3O4S. The number of aryl methyl sites for hydroxylation is 1. The Kier molecular flexibility index (Phi) is 6.18. The number of esters is 1. The van der Waals surface area contributed by atoms with Gasteiger partial charge in [0.1, 0.15) is 5.82 Å². The summed E-state index contributed by atoms with van der Waals surface area (Å²) >= 11 is -2.27. The van der Waals surface area contributed by atoms with Crippen LogP contribution in [0.25, 0.3) is 10.9 Å². The Bertz CT molecular complexity index is 1040. The number of hydrogen-bond donors (Lipinski definition) is 1. The number of aromatic nitrogens is 2. The molecule has 9 heteroatoms. The van der Waals surface area contributed by atoms with Gasteiger partial charge in [-0.15, -0.1) is 0 Å². The average Bonchev–Trinajstić information content (AvgIpc) is 3.05. The number of halogens is 1. The van der Waals surface area contributed by atoms with E-state index in [1.54, 1.807) is 10.9 Å². The average molecular weight is 405 g/mol. The van der Waals surface area contributed by atoms with Crippen molar-refractivity contribution in [3.8, 4) is 0 Å². The van der Waals surface area contributed by atoms with E-state index < -0.39 is 23.1 Å². The molecule has 148 valence electrons. The number of hydrogen-bond acceptors (Lipinski definition) is 4. The Hall–Kier alpha value is -2.62. The van der Waals surface area contributed by atoms with E-state index in [-0.39, 0.29) is 24.2 Å². The van der Waals surface area contributed by atoms with Gasteiger partial charge in [-0.25, -0.2) is 13.4 Å². The Morgan fingerprint density at radius 3 is 2.79 bits per heavy atom. The molecule has 2 aromatic carbocycles. The van der Waals surface area contributed by atoms with Crippen LogP contribution in [0.1, 0.15) is 21.5 Å². The number of rotatable bonds is 7. The number of ether oxygens (including phenoxy) is 1. The molecule has 1 N–H and O–H groups in total. The Morgan fingerprint density at radius 1 is 1.32 bits per heavy atom. The zero-order valence-electron chi connectivity index (χ0n) is 15.5. The van der Waals surface area contributed by atoms with Crippen molar-refractivity contribution in [3.63, 3.8) is 0 Å². The quantitative estimate of drug-likeness (QED) is 0.483. The van der Waals surface area contributed by atoms with Crippen LogP contribution in [-0.4, -0.2) is 42.5 Å². The van der Waals surface area contributed by atoms with Crippen molar-refractivity contribution in [2.45, 2.75) is 13.0 Å². The number of carbonyl (C=O) groups is 1. The van der Waals surface area contributed by atoms with E-state index in [1.165, 1.54) is 23.5 Å². The van der Waals surface area contributed by atoms with Gasteiger partial charge in [0.2, 0.25) is 11.3 Å². The third kappa shape index (κ3) is 4.44. The minimum atomic E-state index is -2.27. The van der Waals surface area contributed by atoms with E-state index in [2.05, 4.69) is 9.84 Å². The molecule has 0 radical (unpaired) electrons. The van der Waals surface area contributed by atoms with E-state index in [9.17, 15) is 17.9 Å². The topological polar surface area (TPSA) is 84.7 Å². The van der Waals surface area contributed by atoms with Crippen molar-refractivity contribution >= 4 is 28.1 Å². The summed E-state index contributed by atoms with van der Waals surface area (Å²) in [5.41, 5.74) is 2.26. The van der Waals surface area contributed by atoms with Crippen LogP contribution in [0, 0.1) is 5.82 Å². The second kappa shape index (κ2) is 8.59. The van der Waals surface area contributed by atoms with Gasteiger partial charge in [-0.3, -0.25) is 9.23 Å². The van der Waals surface area contributed by atoms with Crippen LogP contribution < -0.4 is 0 Å². The highest BCUT2D eigenvalue weighted by atomic mass is 32.2. The molecule has 7 nitrogen and oxygen atoms in total. The Morgan fingerprint density at radius 2 is 2.11 bits per heavy atom. The first-order valence-corrected chi connectivity index (χ1v) is 9.58. The summed E-state index contributed by atoms with van der Waals surface area (Å²) in [4.78, 5) is 11.5. The summed E-state index contributed by atoms with van der Waals surface area (Å²) in [5.74, 6) is -1.27. The molecule has 0 aliphatic rings. The van der Waals surface area contributed by atoms with Crippen LogP contribution in [0.15, 0.2) is 42.6 Å². The van der Waals surface area contributed by atoms with Gasteiger partial charge in [-0.2, -0.15) is 9.40 Å². The van der Waals surface area contributed by atoms with Crippen molar-refractivity contribution in [1.82, 2.24) is 14.1 Å². The van der Waals surface area contributed by atoms with Gasteiger partial charge >= 0.3 is 5.97 Å². The lowest BCUT2D eigenvalue weighted by Crippen LogP contribution is -2.28. The van der Waals surface area contributed by atoms with Gasteiger partial charge in [0.05, 0.1) is 24.4 Å². The summed E-state index contributed by atoms with van der Waals surface area (Å²) < 4.78 is 43.2. The minimum absolute atomic E-state index is 0.0651. The van der Waals surface area contributed by atoms with E-state index in [1.807, 2.05) is 25.2 Å². The molecule has 0 aliphatic heterocycles. The van der Waals surface area contributed by atoms with Crippen molar-refractivity contribution in [2.75, 3.05) is 13.7 Å². The smallest absolute Gasteiger partial charge is 0.337 e. The van der Waals surface area contributed by atoms with E-state index >= 15 is 0 Å². The Labute approximate surface area is 164 Å². The maximum atomic E-state index is 14.3. The summed E-state index contributed by atoms with van der Waals surface area (Å²) in [6.45, 7) is 0.189. The van der Waals surface area contributed by atoms with Crippen LogP contribution in [0.4, 0.5) is 4.39 Å². The molecule has 0 bridgehead atoms. The monoisotopic (exact) mass is 405 g/mol. The van der Waals surface area contributed by atoms with Gasteiger partial charge in [0.15, 0.2) is 0 Å². The van der Waals surface area contributed by atoms with Crippen molar-refractivity contribution in [3.05, 3.63) is 65.1 Å². The number of fused-ring (bicyclic) bond motifs is 1. The molecule has 0 saturated heterocycles. The normalized spacial score (nSPS) is 12.5. The molecule has 1 aromatic heterocycles. The molecule has 0 fully saturated rings. The van der Waals surface area contributed by atoms with Crippen LogP contribution in [-0.2, 0) is 36.0 Å². The van der Waals surface area contributed by atoms with Gasteiger partial charge in [0, 0.05) is 31.1 Å². The molecule has 1 heterocycles. The van der Waals surface area contributed by atoms with Crippen molar-refractivity contribution in [2.24, 2.45) is 7.05 Å². The zero-order valence-corrected chi connectivity index (χ0v) is 16.3. The molecule has 0 amide bonds. The molecule has 1 unspecified atom stereocenters.